The van der Waals surface area contributed by atoms with Crippen molar-refractivity contribution in [3.05, 3.63) is 11.9 Å². The van der Waals surface area contributed by atoms with Crippen LogP contribution in [0.2, 0.25) is 0 Å². The molecule has 1 aromatic rings. The van der Waals surface area contributed by atoms with Gasteiger partial charge in [-0.2, -0.15) is 0 Å². The molecule has 0 spiro atoms. The van der Waals surface area contributed by atoms with Crippen molar-refractivity contribution in [2.75, 3.05) is 24.2 Å². The number of aromatic nitrogens is 2. The van der Waals surface area contributed by atoms with E-state index in [1.54, 1.807) is 0 Å². The minimum Gasteiger partial charge on any atom is -0.373 e. The standard InChI is InChI=1S/C14H26N4/c1-5-7-8-12(6-2)10-16-14-9-13(15-4)17-11(3)18-14/h9,12H,5-8,10H2,1-4H3,(H2,15,16,17,18). The van der Waals surface area contributed by atoms with Crippen LogP contribution in [0.25, 0.3) is 0 Å². The molecule has 1 heterocycles. The van der Waals surface area contributed by atoms with E-state index in [1.807, 2.05) is 20.0 Å². The average Bonchev–Trinajstić information content (AvgIpc) is 2.38. The normalized spacial score (nSPS) is 12.2. The number of hydrogen-bond acceptors (Lipinski definition) is 4. The maximum absolute atomic E-state index is 4.41. The highest BCUT2D eigenvalue weighted by molar-refractivity contribution is 5.47. The highest BCUT2D eigenvalue weighted by Crippen LogP contribution is 2.15. The Hall–Kier alpha value is -1.32. The van der Waals surface area contributed by atoms with E-state index in [-0.39, 0.29) is 0 Å². The number of aryl methyl sites for hydroxylation is 1. The van der Waals surface area contributed by atoms with Gasteiger partial charge >= 0.3 is 0 Å². The lowest BCUT2D eigenvalue weighted by atomic mass is 9.99. The van der Waals surface area contributed by atoms with Crippen LogP contribution in [0, 0.1) is 12.8 Å². The molecule has 0 saturated heterocycles. The van der Waals surface area contributed by atoms with E-state index in [9.17, 15) is 0 Å². The summed E-state index contributed by atoms with van der Waals surface area (Å²) >= 11 is 0. The summed E-state index contributed by atoms with van der Waals surface area (Å²) in [6.07, 6.45) is 5.09. The Kier molecular flexibility index (Phi) is 6.47. The van der Waals surface area contributed by atoms with Gasteiger partial charge in [0.05, 0.1) is 0 Å². The number of hydrogen-bond donors (Lipinski definition) is 2. The summed E-state index contributed by atoms with van der Waals surface area (Å²) in [5.74, 6) is 3.32. The largest absolute Gasteiger partial charge is 0.373 e. The van der Waals surface area contributed by atoms with E-state index in [4.69, 9.17) is 0 Å². The Morgan fingerprint density at radius 2 is 1.94 bits per heavy atom. The molecule has 0 fully saturated rings. The highest BCUT2D eigenvalue weighted by atomic mass is 15.1. The van der Waals surface area contributed by atoms with Crippen LogP contribution in [0.1, 0.15) is 45.4 Å². The molecule has 1 atom stereocenters. The number of anilines is 2. The number of unbranched alkanes of at least 4 members (excludes halogenated alkanes) is 1. The van der Waals surface area contributed by atoms with E-state index in [0.29, 0.717) is 0 Å². The summed E-state index contributed by atoms with van der Waals surface area (Å²) in [6, 6.07) is 1.96. The molecule has 0 bridgehead atoms. The smallest absolute Gasteiger partial charge is 0.131 e. The van der Waals surface area contributed by atoms with Crippen LogP contribution < -0.4 is 10.6 Å². The average molecular weight is 250 g/mol. The summed E-state index contributed by atoms with van der Waals surface area (Å²) in [6.45, 7) is 7.41. The molecule has 0 aromatic carbocycles. The molecule has 4 nitrogen and oxygen atoms in total. The second-order valence-electron chi connectivity index (χ2n) is 4.73. The molecule has 0 radical (unpaired) electrons. The van der Waals surface area contributed by atoms with Gasteiger partial charge in [-0.15, -0.1) is 0 Å². The first-order valence-electron chi connectivity index (χ1n) is 6.96. The molecular weight excluding hydrogens is 224 g/mol. The van der Waals surface area contributed by atoms with Crippen molar-refractivity contribution in [1.29, 1.82) is 0 Å². The maximum atomic E-state index is 4.41. The Labute approximate surface area is 111 Å². The van der Waals surface area contributed by atoms with Crippen LogP contribution in [0.15, 0.2) is 6.07 Å². The summed E-state index contributed by atoms with van der Waals surface area (Å²) < 4.78 is 0. The van der Waals surface area contributed by atoms with Crippen molar-refractivity contribution in [3.8, 4) is 0 Å². The molecule has 0 saturated carbocycles. The molecule has 4 heteroatoms. The van der Waals surface area contributed by atoms with Gasteiger partial charge in [-0.1, -0.05) is 33.1 Å². The molecule has 102 valence electrons. The molecule has 2 N–H and O–H groups in total. The van der Waals surface area contributed by atoms with Gasteiger partial charge in [0.1, 0.15) is 17.5 Å². The first-order chi connectivity index (χ1) is 8.69. The van der Waals surface area contributed by atoms with Gasteiger partial charge in [0.2, 0.25) is 0 Å². The molecule has 0 aliphatic rings. The molecule has 1 unspecified atom stereocenters. The van der Waals surface area contributed by atoms with Crippen molar-refractivity contribution in [2.24, 2.45) is 5.92 Å². The number of nitrogens with zero attached hydrogens (tertiary/aromatic N) is 2. The highest BCUT2D eigenvalue weighted by Gasteiger charge is 2.07. The predicted molar refractivity (Wildman–Crippen MR) is 78.1 cm³/mol. The molecule has 1 rings (SSSR count). The minimum atomic E-state index is 0.734. The van der Waals surface area contributed by atoms with Gasteiger partial charge in [-0.3, -0.25) is 0 Å². The summed E-state index contributed by atoms with van der Waals surface area (Å²) in [5.41, 5.74) is 0. The van der Waals surface area contributed by atoms with Gasteiger partial charge in [-0.05, 0) is 19.3 Å². The van der Waals surface area contributed by atoms with Gasteiger partial charge in [-0.25, -0.2) is 9.97 Å². The van der Waals surface area contributed by atoms with E-state index < -0.39 is 0 Å². The maximum Gasteiger partial charge on any atom is 0.131 e. The van der Waals surface area contributed by atoms with Crippen LogP contribution in [0.5, 0.6) is 0 Å². The summed E-state index contributed by atoms with van der Waals surface area (Å²) in [7, 11) is 1.88. The molecular formula is C14H26N4. The Morgan fingerprint density at radius 3 is 2.56 bits per heavy atom. The lowest BCUT2D eigenvalue weighted by molar-refractivity contribution is 0.472. The van der Waals surface area contributed by atoms with Crippen LogP contribution in [0.4, 0.5) is 11.6 Å². The van der Waals surface area contributed by atoms with E-state index in [2.05, 4.69) is 34.4 Å². The van der Waals surface area contributed by atoms with Crippen LogP contribution >= 0.6 is 0 Å². The van der Waals surface area contributed by atoms with E-state index in [0.717, 1.165) is 29.9 Å². The zero-order valence-corrected chi connectivity index (χ0v) is 12.1. The van der Waals surface area contributed by atoms with Crippen molar-refractivity contribution in [3.63, 3.8) is 0 Å². The number of rotatable bonds is 8. The van der Waals surface area contributed by atoms with E-state index in [1.165, 1.54) is 25.7 Å². The molecule has 18 heavy (non-hydrogen) atoms. The quantitative estimate of drug-likeness (QED) is 0.742. The SMILES string of the molecule is CCCCC(CC)CNc1cc(NC)nc(C)n1. The third-order valence-electron chi connectivity index (χ3n) is 3.21. The Bertz CT molecular complexity index is 352. The molecule has 1 aromatic heterocycles. The summed E-state index contributed by atoms with van der Waals surface area (Å²) in [5, 5.41) is 6.48. The molecule has 0 amide bonds. The second-order valence-corrected chi connectivity index (χ2v) is 4.73. The monoisotopic (exact) mass is 250 g/mol. The van der Waals surface area contributed by atoms with Gasteiger partial charge < -0.3 is 10.6 Å². The second kappa shape index (κ2) is 7.90. The molecule has 0 aliphatic carbocycles. The minimum absolute atomic E-state index is 0.734. The van der Waals surface area contributed by atoms with Crippen molar-refractivity contribution < 1.29 is 0 Å². The lowest BCUT2D eigenvalue weighted by Gasteiger charge is -2.16. The van der Waals surface area contributed by atoms with Crippen molar-refractivity contribution in [1.82, 2.24) is 9.97 Å². The van der Waals surface area contributed by atoms with Crippen molar-refractivity contribution in [2.45, 2.75) is 46.5 Å². The number of nitrogens with one attached hydrogen (secondary N) is 2. The lowest BCUT2D eigenvalue weighted by Crippen LogP contribution is -2.15. The van der Waals surface area contributed by atoms with Gasteiger partial charge in [0, 0.05) is 19.7 Å². The molecule has 0 aliphatic heterocycles. The van der Waals surface area contributed by atoms with Crippen LogP contribution in [-0.4, -0.2) is 23.6 Å². The van der Waals surface area contributed by atoms with Crippen LogP contribution in [-0.2, 0) is 0 Å². The van der Waals surface area contributed by atoms with Crippen LogP contribution in [0.3, 0.4) is 0 Å². The van der Waals surface area contributed by atoms with Crippen molar-refractivity contribution >= 4 is 11.6 Å². The Balaban J connectivity index is 2.53. The van der Waals surface area contributed by atoms with Gasteiger partial charge in [0.15, 0.2) is 0 Å². The summed E-state index contributed by atoms with van der Waals surface area (Å²) in [4.78, 5) is 8.69. The van der Waals surface area contributed by atoms with E-state index >= 15 is 0 Å². The Morgan fingerprint density at radius 1 is 1.22 bits per heavy atom. The predicted octanol–water partition coefficient (Wildman–Crippen LogP) is 3.46. The first kappa shape index (κ1) is 14.7. The third kappa shape index (κ3) is 4.90. The zero-order valence-electron chi connectivity index (χ0n) is 12.1. The third-order valence-corrected chi connectivity index (χ3v) is 3.21. The first-order valence-corrected chi connectivity index (χ1v) is 6.96. The fraction of sp³-hybridized carbons (Fsp3) is 0.714. The topological polar surface area (TPSA) is 49.8 Å². The fourth-order valence-electron chi connectivity index (χ4n) is 1.98. The fourth-order valence-corrected chi connectivity index (χ4v) is 1.98. The van der Waals surface area contributed by atoms with Gasteiger partial charge in [0.25, 0.3) is 0 Å². The zero-order chi connectivity index (χ0) is 13.4.